The van der Waals surface area contributed by atoms with Crippen LogP contribution in [0.4, 0.5) is 5.69 Å². The summed E-state index contributed by atoms with van der Waals surface area (Å²) in [5, 5.41) is 3.10. The number of hydrogen-bond donors (Lipinski definition) is 1. The number of Topliss-reactive ketones (excluding diaryl/α,β-unsaturated/α-hetero) is 1. The Morgan fingerprint density at radius 3 is 2.75 bits per heavy atom. The van der Waals surface area contributed by atoms with Crippen molar-refractivity contribution in [2.75, 3.05) is 38.2 Å². The molecule has 0 radical (unpaired) electrons. The molecule has 1 fully saturated rings. The largest absolute Gasteiger partial charge is 0.497 e. The number of hydrogen-bond acceptors (Lipinski definition) is 4. The third-order valence-electron chi connectivity index (χ3n) is 2.69. The Morgan fingerprint density at radius 1 is 1.31 bits per heavy atom. The number of anilines is 1. The number of benzene rings is 1. The summed E-state index contributed by atoms with van der Waals surface area (Å²) in [6, 6.07) is 7.80. The Hall–Kier alpha value is -1.55. The molecule has 1 aliphatic rings. The van der Waals surface area contributed by atoms with Gasteiger partial charge >= 0.3 is 0 Å². The van der Waals surface area contributed by atoms with E-state index in [1.54, 1.807) is 7.11 Å². The molecule has 1 N–H and O–H groups in total. The van der Waals surface area contributed by atoms with E-state index in [-0.39, 0.29) is 5.78 Å². The van der Waals surface area contributed by atoms with Crippen molar-refractivity contribution < 1.29 is 9.53 Å². The Bertz CT molecular complexity index is 362. The van der Waals surface area contributed by atoms with Gasteiger partial charge in [-0.25, -0.2) is 0 Å². The van der Waals surface area contributed by atoms with E-state index in [9.17, 15) is 4.79 Å². The summed E-state index contributed by atoms with van der Waals surface area (Å²) < 4.78 is 5.10. The highest BCUT2D eigenvalue weighted by atomic mass is 16.5. The molecular weight excluding hydrogens is 204 g/mol. The quantitative estimate of drug-likeness (QED) is 0.795. The zero-order valence-electron chi connectivity index (χ0n) is 9.40. The van der Waals surface area contributed by atoms with Crippen molar-refractivity contribution in [3.8, 4) is 5.75 Å². The molecule has 1 saturated heterocycles. The molecule has 1 aliphatic heterocycles. The lowest BCUT2D eigenvalue weighted by atomic mass is 10.2. The van der Waals surface area contributed by atoms with E-state index >= 15 is 0 Å². The first kappa shape index (κ1) is 11.0. The number of nitrogens with one attached hydrogen (secondary N) is 1. The van der Waals surface area contributed by atoms with E-state index in [1.807, 2.05) is 24.3 Å². The molecule has 1 aromatic rings. The Morgan fingerprint density at radius 2 is 2.06 bits per heavy atom. The maximum absolute atomic E-state index is 11.5. The average Bonchev–Trinajstić information content (AvgIpc) is 2.54. The van der Waals surface area contributed by atoms with Gasteiger partial charge in [0.15, 0.2) is 5.78 Å². The van der Waals surface area contributed by atoms with Crippen molar-refractivity contribution in [2.24, 2.45) is 0 Å². The predicted octanol–water partition coefficient (Wildman–Crippen LogP) is 0.674. The van der Waals surface area contributed by atoms with Crippen LogP contribution in [0.1, 0.15) is 0 Å². The minimum absolute atomic E-state index is 0.230. The Balaban J connectivity index is 2.12. The summed E-state index contributed by atoms with van der Waals surface area (Å²) in [5.74, 6) is 1.07. The number of rotatable bonds is 2. The van der Waals surface area contributed by atoms with Gasteiger partial charge in [0.05, 0.1) is 20.2 Å². The van der Waals surface area contributed by atoms with Crippen LogP contribution in [-0.4, -0.2) is 39.1 Å². The minimum Gasteiger partial charge on any atom is -0.497 e. The van der Waals surface area contributed by atoms with Crippen molar-refractivity contribution >= 4 is 11.5 Å². The zero-order valence-corrected chi connectivity index (χ0v) is 9.40. The third kappa shape index (κ3) is 2.52. The highest BCUT2D eigenvalue weighted by Gasteiger charge is 2.14. The smallest absolute Gasteiger partial charge is 0.165 e. The van der Waals surface area contributed by atoms with Crippen LogP contribution < -0.4 is 15.0 Å². The van der Waals surface area contributed by atoms with Gasteiger partial charge in [0.25, 0.3) is 0 Å². The average molecular weight is 220 g/mol. The number of carbonyl (C=O) groups is 1. The van der Waals surface area contributed by atoms with Crippen LogP contribution in [0.5, 0.6) is 5.75 Å². The van der Waals surface area contributed by atoms with Gasteiger partial charge in [-0.2, -0.15) is 0 Å². The first-order valence-electron chi connectivity index (χ1n) is 5.41. The molecule has 0 saturated carbocycles. The minimum atomic E-state index is 0.230. The van der Waals surface area contributed by atoms with E-state index in [0.29, 0.717) is 13.1 Å². The van der Waals surface area contributed by atoms with Gasteiger partial charge in [-0.05, 0) is 24.3 Å². The molecular formula is C12H16N2O2. The predicted molar refractivity (Wildman–Crippen MR) is 63.1 cm³/mol. The molecule has 2 rings (SSSR count). The fourth-order valence-corrected chi connectivity index (χ4v) is 1.80. The lowest BCUT2D eigenvalue weighted by Crippen LogP contribution is -2.29. The lowest BCUT2D eigenvalue weighted by Gasteiger charge is -2.21. The van der Waals surface area contributed by atoms with Gasteiger partial charge in [0.1, 0.15) is 5.75 Å². The number of ketones is 1. The van der Waals surface area contributed by atoms with Crippen molar-refractivity contribution in [2.45, 2.75) is 0 Å². The number of nitrogens with zero attached hydrogens (tertiary/aromatic N) is 1. The standard InChI is InChI=1S/C12H16N2O2/c1-16-12-4-2-10(3-5-12)14-7-6-13-8-11(15)9-14/h2-5,13H,6-9H2,1H3. The van der Waals surface area contributed by atoms with Crippen LogP contribution in [0.15, 0.2) is 24.3 Å². The molecule has 16 heavy (non-hydrogen) atoms. The van der Waals surface area contributed by atoms with Gasteiger partial charge in [-0.1, -0.05) is 0 Å². The van der Waals surface area contributed by atoms with Gasteiger partial charge in [-0.3, -0.25) is 4.79 Å². The monoisotopic (exact) mass is 220 g/mol. The second-order valence-electron chi connectivity index (χ2n) is 3.84. The highest BCUT2D eigenvalue weighted by molar-refractivity contribution is 5.85. The molecule has 1 aromatic carbocycles. The number of methoxy groups -OCH3 is 1. The number of carbonyl (C=O) groups excluding carboxylic acids is 1. The van der Waals surface area contributed by atoms with E-state index in [4.69, 9.17) is 4.74 Å². The van der Waals surface area contributed by atoms with Crippen LogP contribution in [0, 0.1) is 0 Å². The van der Waals surface area contributed by atoms with Crippen molar-refractivity contribution in [1.82, 2.24) is 5.32 Å². The molecule has 0 aromatic heterocycles. The van der Waals surface area contributed by atoms with Crippen LogP contribution in [0.25, 0.3) is 0 Å². The van der Waals surface area contributed by atoms with Crippen molar-refractivity contribution in [1.29, 1.82) is 0 Å². The molecule has 0 amide bonds. The summed E-state index contributed by atoms with van der Waals surface area (Å²) in [5.41, 5.74) is 1.07. The van der Waals surface area contributed by atoms with E-state index in [1.165, 1.54) is 0 Å². The van der Waals surface area contributed by atoms with Crippen LogP contribution in [0.3, 0.4) is 0 Å². The maximum atomic E-state index is 11.5. The summed E-state index contributed by atoms with van der Waals surface area (Å²) in [7, 11) is 1.65. The summed E-state index contributed by atoms with van der Waals surface area (Å²) >= 11 is 0. The van der Waals surface area contributed by atoms with E-state index in [2.05, 4.69) is 10.2 Å². The van der Waals surface area contributed by atoms with E-state index in [0.717, 1.165) is 24.5 Å². The van der Waals surface area contributed by atoms with Gasteiger partial charge < -0.3 is 15.0 Å². The number of ether oxygens (including phenoxy) is 1. The first-order valence-corrected chi connectivity index (χ1v) is 5.41. The van der Waals surface area contributed by atoms with Crippen LogP contribution >= 0.6 is 0 Å². The Labute approximate surface area is 95.2 Å². The molecule has 0 spiro atoms. The van der Waals surface area contributed by atoms with Crippen LogP contribution in [-0.2, 0) is 4.79 Å². The molecule has 0 aliphatic carbocycles. The van der Waals surface area contributed by atoms with Gasteiger partial charge in [0.2, 0.25) is 0 Å². The van der Waals surface area contributed by atoms with Gasteiger partial charge in [0, 0.05) is 18.8 Å². The van der Waals surface area contributed by atoms with Gasteiger partial charge in [-0.15, -0.1) is 0 Å². The first-order chi connectivity index (χ1) is 7.79. The topological polar surface area (TPSA) is 41.6 Å². The molecule has 4 nitrogen and oxygen atoms in total. The SMILES string of the molecule is COc1ccc(N2CCNCC(=O)C2)cc1. The molecule has 0 atom stereocenters. The molecule has 86 valence electrons. The second kappa shape index (κ2) is 4.99. The summed E-state index contributed by atoms with van der Waals surface area (Å²) in [6.45, 7) is 2.67. The van der Waals surface area contributed by atoms with E-state index < -0.39 is 0 Å². The lowest BCUT2D eigenvalue weighted by molar-refractivity contribution is -0.116. The third-order valence-corrected chi connectivity index (χ3v) is 2.69. The zero-order chi connectivity index (χ0) is 11.4. The second-order valence-corrected chi connectivity index (χ2v) is 3.84. The molecule has 1 heterocycles. The summed E-state index contributed by atoms with van der Waals surface area (Å²) in [6.07, 6.45) is 0. The fourth-order valence-electron chi connectivity index (χ4n) is 1.80. The van der Waals surface area contributed by atoms with Crippen molar-refractivity contribution in [3.63, 3.8) is 0 Å². The highest BCUT2D eigenvalue weighted by Crippen LogP contribution is 2.19. The normalized spacial score (nSPS) is 17.1. The Kier molecular flexibility index (Phi) is 3.41. The maximum Gasteiger partial charge on any atom is 0.165 e. The molecule has 4 heteroatoms. The molecule has 0 unspecified atom stereocenters. The van der Waals surface area contributed by atoms with Crippen molar-refractivity contribution in [3.05, 3.63) is 24.3 Å². The van der Waals surface area contributed by atoms with Crippen LogP contribution in [0.2, 0.25) is 0 Å². The summed E-state index contributed by atoms with van der Waals surface area (Å²) in [4.78, 5) is 13.5. The molecule has 0 bridgehead atoms. The fraction of sp³-hybridized carbons (Fsp3) is 0.417.